The molecule has 0 amide bonds. The Bertz CT molecular complexity index is 174. The lowest BCUT2D eigenvalue weighted by atomic mass is 10.2. The molecule has 0 aliphatic carbocycles. The largest absolute Gasteiger partial charge is 0.466 e. The third-order valence-corrected chi connectivity index (χ3v) is 2.32. The van der Waals surface area contributed by atoms with Crippen LogP contribution < -0.4 is 0 Å². The summed E-state index contributed by atoms with van der Waals surface area (Å²) in [5, 5.41) is 0. The van der Waals surface area contributed by atoms with Gasteiger partial charge < -0.3 is 4.74 Å². The highest BCUT2D eigenvalue weighted by Gasteiger charge is 1.99. The van der Waals surface area contributed by atoms with Gasteiger partial charge in [0.2, 0.25) is 0 Å². The van der Waals surface area contributed by atoms with Crippen LogP contribution in [0.2, 0.25) is 0 Å². The van der Waals surface area contributed by atoms with Crippen LogP contribution >= 0.6 is 45.2 Å². The number of esters is 1. The number of rotatable bonds is 6. The molecule has 0 aromatic rings. The zero-order chi connectivity index (χ0) is 10.1. The van der Waals surface area contributed by atoms with Crippen LogP contribution in [-0.4, -0.2) is 12.6 Å². The average molecular weight is 408 g/mol. The molecule has 0 unspecified atom stereocenters. The summed E-state index contributed by atoms with van der Waals surface area (Å²) in [6, 6.07) is 0. The number of ether oxygens (including phenoxy) is 1. The van der Waals surface area contributed by atoms with Crippen LogP contribution in [0.1, 0.15) is 32.6 Å². The van der Waals surface area contributed by atoms with Crippen molar-refractivity contribution in [1.82, 2.24) is 0 Å². The fourth-order valence-corrected chi connectivity index (χ4v) is 1.48. The Hall–Kier alpha value is 0.670. The molecular formula is C9H14I2O2. The number of hydrogen-bond donors (Lipinski definition) is 0. The Morgan fingerprint density at radius 3 is 2.62 bits per heavy atom. The van der Waals surface area contributed by atoms with E-state index in [4.69, 9.17) is 4.74 Å². The molecule has 0 radical (unpaired) electrons. The highest BCUT2D eigenvalue weighted by molar-refractivity contribution is 14.2. The second kappa shape index (κ2) is 9.23. The fraction of sp³-hybridized carbons (Fsp3) is 0.667. The standard InChI is InChI=1S/C9H14I2O2/c1-2-13-9(12)7-5-3-4-6-8(10)11/h6H,2-5,7H2,1H3. The van der Waals surface area contributed by atoms with Gasteiger partial charge in [-0.1, -0.05) is 6.08 Å². The summed E-state index contributed by atoms with van der Waals surface area (Å²) in [6.07, 6.45) is 5.77. The second-order valence-electron chi connectivity index (χ2n) is 2.54. The molecule has 2 nitrogen and oxygen atoms in total. The Balaban J connectivity index is 3.26. The van der Waals surface area contributed by atoms with Gasteiger partial charge in [-0.25, -0.2) is 0 Å². The first-order valence-electron chi connectivity index (χ1n) is 4.33. The van der Waals surface area contributed by atoms with Gasteiger partial charge in [-0.2, -0.15) is 0 Å². The molecule has 0 aliphatic heterocycles. The molecule has 0 atom stereocenters. The van der Waals surface area contributed by atoms with Crippen LogP contribution in [0.4, 0.5) is 0 Å². The molecule has 0 aromatic heterocycles. The highest BCUT2D eigenvalue weighted by atomic mass is 127. The third-order valence-electron chi connectivity index (χ3n) is 1.44. The summed E-state index contributed by atoms with van der Waals surface area (Å²) in [6.45, 7) is 2.32. The maximum atomic E-state index is 10.9. The summed E-state index contributed by atoms with van der Waals surface area (Å²) >= 11 is 4.55. The molecular weight excluding hydrogens is 394 g/mol. The summed E-state index contributed by atoms with van der Waals surface area (Å²) in [4.78, 5) is 10.9. The van der Waals surface area contributed by atoms with Crippen molar-refractivity contribution >= 4 is 51.2 Å². The van der Waals surface area contributed by atoms with Gasteiger partial charge in [-0.05, 0) is 71.4 Å². The van der Waals surface area contributed by atoms with Crippen molar-refractivity contribution in [3.8, 4) is 0 Å². The van der Waals surface area contributed by atoms with Crippen molar-refractivity contribution in [2.45, 2.75) is 32.6 Å². The predicted molar refractivity (Wildman–Crippen MR) is 71.2 cm³/mol. The molecule has 0 fully saturated rings. The van der Waals surface area contributed by atoms with E-state index in [2.05, 4.69) is 51.3 Å². The zero-order valence-electron chi connectivity index (χ0n) is 7.69. The molecule has 0 heterocycles. The van der Waals surface area contributed by atoms with Crippen LogP contribution in [0.25, 0.3) is 0 Å². The number of hydrogen-bond acceptors (Lipinski definition) is 2. The van der Waals surface area contributed by atoms with Crippen LogP contribution in [0, 0.1) is 0 Å². The summed E-state index contributed by atoms with van der Waals surface area (Å²) in [7, 11) is 0. The first-order valence-corrected chi connectivity index (χ1v) is 6.49. The quantitative estimate of drug-likeness (QED) is 0.380. The Morgan fingerprint density at radius 2 is 2.08 bits per heavy atom. The van der Waals surface area contributed by atoms with Crippen molar-refractivity contribution in [1.29, 1.82) is 0 Å². The van der Waals surface area contributed by atoms with Crippen LogP contribution in [0.5, 0.6) is 0 Å². The molecule has 13 heavy (non-hydrogen) atoms. The van der Waals surface area contributed by atoms with Gasteiger partial charge >= 0.3 is 5.97 Å². The van der Waals surface area contributed by atoms with E-state index in [9.17, 15) is 4.79 Å². The van der Waals surface area contributed by atoms with Crippen molar-refractivity contribution in [2.75, 3.05) is 6.61 Å². The normalized spacial score (nSPS) is 9.46. The number of carbonyl (C=O) groups is 1. The molecule has 0 aliphatic rings. The van der Waals surface area contributed by atoms with Gasteiger partial charge in [0, 0.05) is 8.01 Å². The van der Waals surface area contributed by atoms with Gasteiger partial charge in [0.1, 0.15) is 0 Å². The molecule has 0 N–H and O–H groups in total. The van der Waals surface area contributed by atoms with E-state index in [1.165, 1.54) is 1.59 Å². The molecule has 4 heteroatoms. The van der Waals surface area contributed by atoms with Crippen molar-refractivity contribution in [3.05, 3.63) is 7.66 Å². The van der Waals surface area contributed by atoms with E-state index in [0.717, 1.165) is 19.3 Å². The lowest BCUT2D eigenvalue weighted by molar-refractivity contribution is -0.143. The van der Waals surface area contributed by atoms with E-state index >= 15 is 0 Å². The highest BCUT2D eigenvalue weighted by Crippen LogP contribution is 2.16. The minimum Gasteiger partial charge on any atom is -0.466 e. The lowest BCUT2D eigenvalue weighted by Gasteiger charge is -1.99. The molecule has 76 valence electrons. The minimum absolute atomic E-state index is 0.0735. The third kappa shape index (κ3) is 10.6. The van der Waals surface area contributed by atoms with Gasteiger partial charge in [0.05, 0.1) is 6.61 Å². The number of unbranched alkanes of at least 4 members (excludes halogenated alkanes) is 2. The van der Waals surface area contributed by atoms with E-state index in [0.29, 0.717) is 13.0 Å². The summed E-state index contributed by atoms with van der Waals surface area (Å²) in [5.74, 6) is -0.0735. The average Bonchev–Trinajstić information content (AvgIpc) is 2.03. The second-order valence-corrected chi connectivity index (χ2v) is 6.93. The van der Waals surface area contributed by atoms with Crippen LogP contribution in [0.15, 0.2) is 7.66 Å². The lowest BCUT2D eigenvalue weighted by Crippen LogP contribution is -2.02. The zero-order valence-corrected chi connectivity index (χ0v) is 12.0. The van der Waals surface area contributed by atoms with Crippen molar-refractivity contribution < 1.29 is 9.53 Å². The number of halogens is 2. The molecule has 0 aromatic carbocycles. The number of allylic oxidation sites excluding steroid dienone is 1. The molecule has 0 saturated carbocycles. The van der Waals surface area contributed by atoms with Gasteiger partial charge in [0.25, 0.3) is 0 Å². The predicted octanol–water partition coefficient (Wildman–Crippen LogP) is 3.82. The number of carbonyl (C=O) groups excluding carboxylic acids is 1. The molecule has 0 rings (SSSR count). The smallest absolute Gasteiger partial charge is 0.305 e. The first kappa shape index (κ1) is 13.7. The Kier molecular flexibility index (Phi) is 9.71. The summed E-state index contributed by atoms with van der Waals surface area (Å²) in [5.41, 5.74) is 0. The first-order chi connectivity index (χ1) is 6.16. The van der Waals surface area contributed by atoms with Crippen LogP contribution in [0.3, 0.4) is 0 Å². The van der Waals surface area contributed by atoms with Gasteiger partial charge in [-0.3, -0.25) is 4.79 Å². The Morgan fingerprint density at radius 1 is 1.38 bits per heavy atom. The monoisotopic (exact) mass is 408 g/mol. The van der Waals surface area contributed by atoms with Gasteiger partial charge in [-0.15, -0.1) is 0 Å². The van der Waals surface area contributed by atoms with Crippen molar-refractivity contribution in [2.24, 2.45) is 0 Å². The molecule has 0 bridgehead atoms. The van der Waals surface area contributed by atoms with E-state index in [1.807, 2.05) is 6.92 Å². The molecule has 0 spiro atoms. The minimum atomic E-state index is -0.0735. The Labute approximate surface area is 107 Å². The van der Waals surface area contributed by atoms with Crippen molar-refractivity contribution in [3.63, 3.8) is 0 Å². The topological polar surface area (TPSA) is 26.3 Å². The summed E-state index contributed by atoms with van der Waals surface area (Å²) < 4.78 is 6.10. The van der Waals surface area contributed by atoms with E-state index in [-0.39, 0.29) is 5.97 Å². The van der Waals surface area contributed by atoms with Gasteiger partial charge in [0.15, 0.2) is 0 Å². The maximum absolute atomic E-state index is 10.9. The van der Waals surface area contributed by atoms with E-state index < -0.39 is 0 Å². The fourth-order valence-electron chi connectivity index (χ4n) is 0.858. The SMILES string of the molecule is CCOC(=O)CCCCC=C(I)I. The van der Waals surface area contributed by atoms with Crippen LogP contribution in [-0.2, 0) is 9.53 Å². The molecule has 0 saturated heterocycles. The van der Waals surface area contributed by atoms with E-state index in [1.54, 1.807) is 0 Å². The maximum Gasteiger partial charge on any atom is 0.305 e.